The SMILES string of the molecule is CC(C)Oc1ccccc1C(O)Cc1ccc(F)cc1Cl. The van der Waals surface area contributed by atoms with Crippen molar-refractivity contribution in [1.29, 1.82) is 0 Å². The Bertz CT molecular complexity index is 613. The van der Waals surface area contributed by atoms with E-state index >= 15 is 0 Å². The van der Waals surface area contributed by atoms with Gasteiger partial charge >= 0.3 is 0 Å². The van der Waals surface area contributed by atoms with Crippen molar-refractivity contribution in [3.63, 3.8) is 0 Å². The summed E-state index contributed by atoms with van der Waals surface area (Å²) in [5.41, 5.74) is 1.40. The van der Waals surface area contributed by atoms with Crippen LogP contribution in [-0.4, -0.2) is 11.2 Å². The van der Waals surface area contributed by atoms with E-state index in [2.05, 4.69) is 0 Å². The van der Waals surface area contributed by atoms with Crippen LogP contribution < -0.4 is 4.74 Å². The second kappa shape index (κ2) is 6.92. The molecule has 0 saturated heterocycles. The van der Waals surface area contributed by atoms with Gasteiger partial charge in [-0.05, 0) is 37.6 Å². The maximum absolute atomic E-state index is 13.0. The van der Waals surface area contributed by atoms with Crippen molar-refractivity contribution >= 4 is 11.6 Å². The van der Waals surface area contributed by atoms with Gasteiger partial charge in [0.15, 0.2) is 0 Å². The Balaban J connectivity index is 2.22. The molecule has 21 heavy (non-hydrogen) atoms. The van der Waals surface area contributed by atoms with Gasteiger partial charge in [-0.3, -0.25) is 0 Å². The minimum Gasteiger partial charge on any atom is -0.491 e. The summed E-state index contributed by atoms with van der Waals surface area (Å²) in [5.74, 6) is 0.264. The van der Waals surface area contributed by atoms with Crippen LogP contribution in [0.2, 0.25) is 5.02 Å². The van der Waals surface area contributed by atoms with E-state index < -0.39 is 6.10 Å². The van der Waals surface area contributed by atoms with E-state index in [0.717, 1.165) is 0 Å². The van der Waals surface area contributed by atoms with E-state index in [0.29, 0.717) is 28.3 Å². The molecule has 0 radical (unpaired) electrons. The normalized spacial score (nSPS) is 12.5. The van der Waals surface area contributed by atoms with Gasteiger partial charge in [-0.2, -0.15) is 0 Å². The summed E-state index contributed by atoms with van der Waals surface area (Å²) >= 11 is 6.00. The van der Waals surface area contributed by atoms with Gasteiger partial charge in [-0.15, -0.1) is 0 Å². The van der Waals surface area contributed by atoms with E-state index in [1.165, 1.54) is 12.1 Å². The van der Waals surface area contributed by atoms with E-state index in [-0.39, 0.29) is 11.9 Å². The van der Waals surface area contributed by atoms with Crippen LogP contribution in [0.4, 0.5) is 4.39 Å². The first kappa shape index (κ1) is 15.8. The zero-order chi connectivity index (χ0) is 15.4. The summed E-state index contributed by atoms with van der Waals surface area (Å²) in [6.07, 6.45) is -0.437. The van der Waals surface area contributed by atoms with Gasteiger partial charge in [0.05, 0.1) is 12.2 Å². The van der Waals surface area contributed by atoms with Crippen LogP contribution in [0.15, 0.2) is 42.5 Å². The minimum atomic E-state index is -0.761. The van der Waals surface area contributed by atoms with Gasteiger partial charge in [-0.1, -0.05) is 35.9 Å². The van der Waals surface area contributed by atoms with Gasteiger partial charge < -0.3 is 9.84 Å². The standard InChI is InChI=1S/C17H18ClFO2/c1-11(2)21-17-6-4-3-5-14(17)16(20)9-12-7-8-13(19)10-15(12)18/h3-8,10-11,16,20H,9H2,1-2H3. The van der Waals surface area contributed by atoms with E-state index in [1.807, 2.05) is 38.1 Å². The largest absolute Gasteiger partial charge is 0.491 e. The van der Waals surface area contributed by atoms with Crippen LogP contribution in [-0.2, 0) is 6.42 Å². The predicted octanol–water partition coefficient (Wildman–Crippen LogP) is 4.54. The summed E-state index contributed by atoms with van der Waals surface area (Å²) < 4.78 is 18.7. The third kappa shape index (κ3) is 4.19. The molecular formula is C17H18ClFO2. The summed E-state index contributed by atoms with van der Waals surface area (Å²) in [6, 6.07) is 11.5. The number of benzene rings is 2. The smallest absolute Gasteiger partial charge is 0.125 e. The number of aliphatic hydroxyl groups excluding tert-OH is 1. The molecule has 2 rings (SSSR count). The highest BCUT2D eigenvalue weighted by molar-refractivity contribution is 6.31. The first-order valence-electron chi connectivity index (χ1n) is 6.85. The Labute approximate surface area is 129 Å². The number of aliphatic hydroxyl groups is 1. The third-order valence-corrected chi connectivity index (χ3v) is 3.42. The van der Waals surface area contributed by atoms with E-state index in [9.17, 15) is 9.50 Å². The summed E-state index contributed by atoms with van der Waals surface area (Å²) in [7, 11) is 0. The molecule has 112 valence electrons. The van der Waals surface area contributed by atoms with Crippen molar-refractivity contribution in [3.8, 4) is 5.75 Å². The third-order valence-electron chi connectivity index (χ3n) is 3.07. The van der Waals surface area contributed by atoms with Gasteiger partial charge in [-0.25, -0.2) is 4.39 Å². The average Bonchev–Trinajstić information content (AvgIpc) is 2.42. The molecule has 1 N–H and O–H groups in total. The lowest BCUT2D eigenvalue weighted by Gasteiger charge is -2.18. The Morgan fingerprint density at radius 2 is 1.90 bits per heavy atom. The number of hydrogen-bond acceptors (Lipinski definition) is 2. The average molecular weight is 309 g/mol. The Hall–Kier alpha value is -1.58. The summed E-state index contributed by atoms with van der Waals surface area (Å²) in [5, 5.41) is 10.7. The van der Waals surface area contributed by atoms with E-state index in [1.54, 1.807) is 6.07 Å². The first-order chi connectivity index (χ1) is 9.97. The van der Waals surface area contributed by atoms with Crippen LogP contribution in [0.5, 0.6) is 5.75 Å². The Kier molecular flexibility index (Phi) is 5.21. The molecule has 0 aliphatic rings. The molecule has 0 spiro atoms. The lowest BCUT2D eigenvalue weighted by Crippen LogP contribution is -2.10. The predicted molar refractivity (Wildman–Crippen MR) is 82.3 cm³/mol. The number of rotatable bonds is 5. The topological polar surface area (TPSA) is 29.5 Å². The number of halogens is 2. The van der Waals surface area contributed by atoms with Crippen molar-refractivity contribution in [2.24, 2.45) is 0 Å². The van der Waals surface area contributed by atoms with Crippen molar-refractivity contribution < 1.29 is 14.2 Å². The van der Waals surface area contributed by atoms with Crippen molar-refractivity contribution in [3.05, 3.63) is 64.4 Å². The quantitative estimate of drug-likeness (QED) is 0.878. The molecule has 0 fully saturated rings. The molecule has 0 aliphatic heterocycles. The monoisotopic (exact) mass is 308 g/mol. The fraction of sp³-hybridized carbons (Fsp3) is 0.294. The van der Waals surface area contributed by atoms with Crippen molar-refractivity contribution in [2.45, 2.75) is 32.5 Å². The van der Waals surface area contributed by atoms with Gasteiger partial charge in [0.2, 0.25) is 0 Å². The number of hydrogen-bond donors (Lipinski definition) is 1. The Morgan fingerprint density at radius 1 is 1.19 bits per heavy atom. The highest BCUT2D eigenvalue weighted by Crippen LogP contribution is 2.30. The fourth-order valence-corrected chi connectivity index (χ4v) is 2.37. The minimum absolute atomic E-state index is 0.0211. The fourth-order valence-electron chi connectivity index (χ4n) is 2.12. The van der Waals surface area contributed by atoms with Crippen LogP contribution in [0.3, 0.4) is 0 Å². The first-order valence-corrected chi connectivity index (χ1v) is 7.22. The maximum atomic E-state index is 13.0. The molecule has 0 aliphatic carbocycles. The van der Waals surface area contributed by atoms with Gasteiger partial charge in [0.25, 0.3) is 0 Å². The van der Waals surface area contributed by atoms with Crippen LogP contribution in [0.25, 0.3) is 0 Å². The molecule has 1 atom stereocenters. The summed E-state index contributed by atoms with van der Waals surface area (Å²) in [4.78, 5) is 0. The zero-order valence-corrected chi connectivity index (χ0v) is 12.8. The molecule has 0 saturated carbocycles. The van der Waals surface area contributed by atoms with Crippen molar-refractivity contribution in [2.75, 3.05) is 0 Å². The molecule has 2 aromatic carbocycles. The number of ether oxygens (including phenoxy) is 1. The van der Waals surface area contributed by atoms with Gasteiger partial charge in [0, 0.05) is 17.0 Å². The molecule has 2 nitrogen and oxygen atoms in total. The molecule has 2 aromatic rings. The second-order valence-corrected chi connectivity index (χ2v) is 5.57. The van der Waals surface area contributed by atoms with Gasteiger partial charge in [0.1, 0.15) is 11.6 Å². The zero-order valence-electron chi connectivity index (χ0n) is 12.0. The lowest BCUT2D eigenvalue weighted by molar-refractivity contribution is 0.166. The number of para-hydroxylation sites is 1. The van der Waals surface area contributed by atoms with Crippen LogP contribution >= 0.6 is 11.6 Å². The molecule has 1 unspecified atom stereocenters. The highest BCUT2D eigenvalue weighted by atomic mass is 35.5. The second-order valence-electron chi connectivity index (χ2n) is 5.16. The molecular weight excluding hydrogens is 291 g/mol. The lowest BCUT2D eigenvalue weighted by atomic mass is 10.0. The molecule has 4 heteroatoms. The molecule has 0 heterocycles. The van der Waals surface area contributed by atoms with Crippen molar-refractivity contribution in [1.82, 2.24) is 0 Å². The van der Waals surface area contributed by atoms with Crippen LogP contribution in [0.1, 0.15) is 31.1 Å². The Morgan fingerprint density at radius 3 is 2.57 bits per heavy atom. The molecule has 0 aromatic heterocycles. The maximum Gasteiger partial charge on any atom is 0.125 e. The molecule has 0 amide bonds. The van der Waals surface area contributed by atoms with Crippen LogP contribution in [0, 0.1) is 5.82 Å². The summed E-state index contributed by atoms with van der Waals surface area (Å²) in [6.45, 7) is 3.86. The van der Waals surface area contributed by atoms with E-state index in [4.69, 9.17) is 16.3 Å². The highest BCUT2D eigenvalue weighted by Gasteiger charge is 2.16. The molecule has 0 bridgehead atoms.